The Hall–Kier alpha value is -2.34. The lowest BCUT2D eigenvalue weighted by Crippen LogP contribution is -2.35. The van der Waals surface area contributed by atoms with Gasteiger partial charge in [0.1, 0.15) is 0 Å². The van der Waals surface area contributed by atoms with E-state index in [0.29, 0.717) is 22.4 Å². The normalized spacial score (nSPS) is 22.9. The van der Waals surface area contributed by atoms with E-state index in [1.165, 1.54) is 5.56 Å². The zero-order chi connectivity index (χ0) is 19.1. The number of aromatic nitrogens is 2. The van der Waals surface area contributed by atoms with E-state index >= 15 is 0 Å². The highest BCUT2D eigenvalue weighted by molar-refractivity contribution is 6.33. The molecule has 5 rings (SSSR count). The van der Waals surface area contributed by atoms with Crippen LogP contribution in [0, 0.1) is 11.8 Å². The molecule has 5 nitrogen and oxygen atoms in total. The molecule has 0 spiro atoms. The number of nitrogens with one attached hydrogen (secondary N) is 1. The third-order valence-electron chi connectivity index (χ3n) is 5.92. The zero-order valence-corrected chi connectivity index (χ0v) is 17.3. The summed E-state index contributed by atoms with van der Waals surface area (Å²) in [7, 11) is 0. The second kappa shape index (κ2) is 8.19. The molecule has 0 radical (unpaired) electrons. The van der Waals surface area contributed by atoms with Crippen molar-refractivity contribution in [2.45, 2.75) is 6.04 Å². The first-order chi connectivity index (χ1) is 13.7. The van der Waals surface area contributed by atoms with Gasteiger partial charge in [-0.1, -0.05) is 41.9 Å². The number of likely N-dealkylation sites (tertiary alicyclic amines) is 1. The van der Waals surface area contributed by atoms with Crippen LogP contribution in [0.2, 0.25) is 5.02 Å². The monoisotopic (exact) mass is 428 g/mol. The predicted molar refractivity (Wildman–Crippen MR) is 116 cm³/mol. The first-order valence-corrected chi connectivity index (χ1v) is 9.96. The highest BCUT2D eigenvalue weighted by atomic mass is 35.5. The molecule has 150 valence electrons. The Labute approximate surface area is 181 Å². The van der Waals surface area contributed by atoms with Gasteiger partial charge >= 0.3 is 0 Å². The summed E-state index contributed by atoms with van der Waals surface area (Å²) < 4.78 is 1.74. The molecule has 0 saturated carbocycles. The smallest absolute Gasteiger partial charge is 0.255 e. The van der Waals surface area contributed by atoms with E-state index in [1.807, 2.05) is 47.5 Å². The molecule has 3 heterocycles. The van der Waals surface area contributed by atoms with E-state index in [1.54, 1.807) is 16.9 Å². The fourth-order valence-electron chi connectivity index (χ4n) is 4.60. The maximum atomic E-state index is 13.6. The van der Waals surface area contributed by atoms with Gasteiger partial charge in [-0.25, -0.2) is 4.68 Å². The van der Waals surface area contributed by atoms with Gasteiger partial charge in [-0.15, -0.1) is 12.4 Å². The number of amides is 1. The van der Waals surface area contributed by atoms with E-state index in [9.17, 15) is 4.79 Å². The van der Waals surface area contributed by atoms with Crippen molar-refractivity contribution in [2.24, 2.45) is 11.8 Å². The molecule has 3 atom stereocenters. The van der Waals surface area contributed by atoms with Crippen LogP contribution in [-0.4, -0.2) is 40.2 Å². The average molecular weight is 429 g/mol. The number of fused-ring (bicyclic) bond motifs is 1. The van der Waals surface area contributed by atoms with Crippen molar-refractivity contribution < 1.29 is 4.79 Å². The molecule has 0 aliphatic carbocycles. The van der Waals surface area contributed by atoms with Crippen LogP contribution in [-0.2, 0) is 0 Å². The number of nitrogens with zero attached hydrogens (tertiary/aromatic N) is 3. The highest BCUT2D eigenvalue weighted by Gasteiger charge is 2.47. The average Bonchev–Trinajstić information content (AvgIpc) is 3.45. The SMILES string of the molecule is Cl.O=C(c1cc(-n2cccn2)ccc1Cl)N1C[C@@H]2CNC[C@@H]2[C@H]1c1ccccc1. The van der Waals surface area contributed by atoms with E-state index in [0.717, 1.165) is 25.3 Å². The van der Waals surface area contributed by atoms with Crippen molar-refractivity contribution in [2.75, 3.05) is 19.6 Å². The van der Waals surface area contributed by atoms with Crippen LogP contribution in [0.4, 0.5) is 0 Å². The summed E-state index contributed by atoms with van der Waals surface area (Å²) in [5.41, 5.74) is 2.55. The Morgan fingerprint density at radius 2 is 1.93 bits per heavy atom. The van der Waals surface area contributed by atoms with Gasteiger partial charge in [0.05, 0.1) is 22.3 Å². The minimum Gasteiger partial charge on any atom is -0.331 e. The molecular formula is C22H22Cl2N4O. The lowest BCUT2D eigenvalue weighted by Gasteiger charge is -2.29. The first kappa shape index (κ1) is 20.0. The van der Waals surface area contributed by atoms with Crippen LogP contribution in [0.15, 0.2) is 67.0 Å². The molecule has 2 aromatic carbocycles. The Balaban J connectivity index is 0.00000205. The molecule has 0 unspecified atom stereocenters. The van der Waals surface area contributed by atoms with E-state index in [4.69, 9.17) is 11.6 Å². The van der Waals surface area contributed by atoms with Gasteiger partial charge in [0, 0.05) is 37.9 Å². The summed E-state index contributed by atoms with van der Waals surface area (Å²) in [5, 5.41) is 8.23. The fourth-order valence-corrected chi connectivity index (χ4v) is 4.80. The van der Waals surface area contributed by atoms with Gasteiger partial charge in [0.2, 0.25) is 0 Å². The number of halogens is 2. The summed E-state index contributed by atoms with van der Waals surface area (Å²) in [4.78, 5) is 15.6. The minimum absolute atomic E-state index is 0. The van der Waals surface area contributed by atoms with E-state index < -0.39 is 0 Å². The van der Waals surface area contributed by atoms with Crippen molar-refractivity contribution in [3.63, 3.8) is 0 Å². The van der Waals surface area contributed by atoms with Gasteiger partial charge < -0.3 is 10.2 Å². The van der Waals surface area contributed by atoms with E-state index in [2.05, 4.69) is 22.5 Å². The topological polar surface area (TPSA) is 50.2 Å². The van der Waals surface area contributed by atoms with Gasteiger partial charge in [-0.05, 0) is 35.7 Å². The Morgan fingerprint density at radius 1 is 1.10 bits per heavy atom. The van der Waals surface area contributed by atoms with Crippen LogP contribution >= 0.6 is 24.0 Å². The van der Waals surface area contributed by atoms with Crippen molar-refractivity contribution in [3.05, 3.63) is 83.1 Å². The van der Waals surface area contributed by atoms with Gasteiger partial charge in [-0.2, -0.15) is 5.10 Å². The van der Waals surface area contributed by atoms with Crippen LogP contribution in [0.5, 0.6) is 0 Å². The third-order valence-corrected chi connectivity index (χ3v) is 6.25. The van der Waals surface area contributed by atoms with Crippen LogP contribution in [0.1, 0.15) is 22.0 Å². The second-order valence-corrected chi connectivity index (χ2v) is 7.92. The van der Waals surface area contributed by atoms with Crippen LogP contribution in [0.25, 0.3) is 5.69 Å². The van der Waals surface area contributed by atoms with Crippen molar-refractivity contribution in [1.29, 1.82) is 0 Å². The maximum Gasteiger partial charge on any atom is 0.255 e. The predicted octanol–water partition coefficient (Wildman–Crippen LogP) is 3.98. The molecule has 1 amide bonds. The molecular weight excluding hydrogens is 407 g/mol. The quantitative estimate of drug-likeness (QED) is 0.686. The highest BCUT2D eigenvalue weighted by Crippen LogP contribution is 2.43. The lowest BCUT2D eigenvalue weighted by atomic mass is 9.89. The summed E-state index contributed by atoms with van der Waals surface area (Å²) >= 11 is 6.46. The Bertz CT molecular complexity index is 993. The van der Waals surface area contributed by atoms with Crippen molar-refractivity contribution >= 4 is 29.9 Å². The molecule has 0 bridgehead atoms. The summed E-state index contributed by atoms with van der Waals surface area (Å²) in [6.45, 7) is 2.65. The zero-order valence-electron chi connectivity index (χ0n) is 15.7. The maximum absolute atomic E-state index is 13.6. The number of benzene rings is 2. The molecule has 2 saturated heterocycles. The summed E-state index contributed by atoms with van der Waals surface area (Å²) in [6.07, 6.45) is 3.58. The molecule has 29 heavy (non-hydrogen) atoms. The first-order valence-electron chi connectivity index (χ1n) is 9.58. The van der Waals surface area contributed by atoms with Crippen molar-refractivity contribution in [1.82, 2.24) is 20.0 Å². The molecule has 2 aliphatic rings. The third kappa shape index (κ3) is 3.54. The van der Waals surface area contributed by atoms with E-state index in [-0.39, 0.29) is 24.4 Å². The molecule has 3 aromatic rings. The fraction of sp³-hybridized carbons (Fsp3) is 0.273. The number of rotatable bonds is 3. The molecule has 7 heteroatoms. The van der Waals surface area contributed by atoms with Crippen molar-refractivity contribution in [3.8, 4) is 5.69 Å². The number of hydrogen-bond acceptors (Lipinski definition) is 3. The standard InChI is InChI=1S/C22H21ClN4O.ClH/c23-20-8-7-17(27-10-4-9-25-27)11-18(20)22(28)26-14-16-12-24-13-19(16)21(26)15-5-2-1-3-6-15;/h1-11,16,19,21,24H,12-14H2;1H/t16-,19-,21+;/m0./s1. The van der Waals surface area contributed by atoms with Gasteiger partial charge in [-0.3, -0.25) is 4.79 Å². The molecule has 2 aliphatic heterocycles. The summed E-state index contributed by atoms with van der Waals surface area (Å²) in [6, 6.07) is 17.8. The number of carbonyl (C=O) groups excluding carboxylic acids is 1. The van der Waals surface area contributed by atoms with Gasteiger partial charge in [0.15, 0.2) is 0 Å². The Kier molecular flexibility index (Phi) is 5.63. The number of hydrogen-bond donors (Lipinski definition) is 1. The minimum atomic E-state index is -0.0118. The number of carbonyl (C=O) groups is 1. The second-order valence-electron chi connectivity index (χ2n) is 7.51. The van der Waals surface area contributed by atoms with Crippen LogP contribution < -0.4 is 5.32 Å². The van der Waals surface area contributed by atoms with Gasteiger partial charge in [0.25, 0.3) is 5.91 Å². The summed E-state index contributed by atoms with van der Waals surface area (Å²) in [5.74, 6) is 0.893. The molecule has 1 N–H and O–H groups in total. The lowest BCUT2D eigenvalue weighted by molar-refractivity contribution is 0.0714. The molecule has 2 fully saturated rings. The largest absolute Gasteiger partial charge is 0.331 e. The Morgan fingerprint density at radius 3 is 2.69 bits per heavy atom. The van der Waals surface area contributed by atoms with Crippen LogP contribution in [0.3, 0.4) is 0 Å². The molecule has 1 aromatic heterocycles.